The number of rotatable bonds is 4. The second kappa shape index (κ2) is 4.90. The van der Waals surface area contributed by atoms with Crippen LogP contribution >= 0.6 is 0 Å². The van der Waals surface area contributed by atoms with Gasteiger partial charge in [-0.05, 0) is 31.4 Å². The molecule has 15 heavy (non-hydrogen) atoms. The average Bonchev–Trinajstić information content (AvgIpc) is 2.19. The standard InChI is InChI=1S/C13H17NO/c1-4-7-11-8-5-6-9-12(11)13(2,3)14-10-15/h5-6,8-9H,4,7H2,1-3H3. The van der Waals surface area contributed by atoms with E-state index in [2.05, 4.69) is 18.0 Å². The molecule has 0 aliphatic rings. The number of hydrogen-bond donors (Lipinski definition) is 0. The molecule has 0 aliphatic carbocycles. The van der Waals surface area contributed by atoms with Crippen LogP contribution in [0.2, 0.25) is 0 Å². The van der Waals surface area contributed by atoms with E-state index >= 15 is 0 Å². The summed E-state index contributed by atoms with van der Waals surface area (Å²) in [5, 5.41) is 0. The van der Waals surface area contributed by atoms with Gasteiger partial charge in [-0.25, -0.2) is 4.79 Å². The van der Waals surface area contributed by atoms with Gasteiger partial charge < -0.3 is 0 Å². The molecule has 0 aromatic heterocycles. The minimum Gasteiger partial charge on any atom is -0.211 e. The van der Waals surface area contributed by atoms with Crippen molar-refractivity contribution in [1.29, 1.82) is 0 Å². The van der Waals surface area contributed by atoms with E-state index in [1.54, 1.807) is 6.08 Å². The Morgan fingerprint density at radius 2 is 2.00 bits per heavy atom. The van der Waals surface area contributed by atoms with Gasteiger partial charge in [0.2, 0.25) is 6.08 Å². The molecular weight excluding hydrogens is 186 g/mol. The van der Waals surface area contributed by atoms with Gasteiger partial charge in [0, 0.05) is 0 Å². The van der Waals surface area contributed by atoms with Gasteiger partial charge in [-0.1, -0.05) is 37.6 Å². The molecule has 0 spiro atoms. The van der Waals surface area contributed by atoms with E-state index in [-0.39, 0.29) is 0 Å². The summed E-state index contributed by atoms with van der Waals surface area (Å²) in [7, 11) is 0. The molecule has 0 saturated carbocycles. The zero-order valence-electron chi connectivity index (χ0n) is 9.58. The fraction of sp³-hybridized carbons (Fsp3) is 0.462. The van der Waals surface area contributed by atoms with E-state index in [1.165, 1.54) is 5.56 Å². The summed E-state index contributed by atoms with van der Waals surface area (Å²) >= 11 is 0. The summed E-state index contributed by atoms with van der Waals surface area (Å²) < 4.78 is 0. The normalized spacial score (nSPS) is 10.9. The van der Waals surface area contributed by atoms with E-state index in [9.17, 15) is 4.79 Å². The molecule has 0 bridgehead atoms. The van der Waals surface area contributed by atoms with Crippen LogP contribution in [0, 0.1) is 0 Å². The fourth-order valence-electron chi connectivity index (χ4n) is 1.78. The van der Waals surface area contributed by atoms with Crippen molar-refractivity contribution < 1.29 is 4.79 Å². The van der Waals surface area contributed by atoms with Gasteiger partial charge >= 0.3 is 0 Å². The highest BCUT2D eigenvalue weighted by atomic mass is 16.1. The Labute approximate surface area is 91.0 Å². The lowest BCUT2D eigenvalue weighted by molar-refractivity contribution is 0.519. The Balaban J connectivity index is 3.17. The number of aliphatic imine (C=N–C) groups is 1. The predicted molar refractivity (Wildman–Crippen MR) is 61.6 cm³/mol. The molecule has 1 aromatic rings. The third kappa shape index (κ3) is 2.77. The molecule has 0 aliphatic heterocycles. The quantitative estimate of drug-likeness (QED) is 0.545. The largest absolute Gasteiger partial charge is 0.235 e. The van der Waals surface area contributed by atoms with Crippen LogP contribution in [0.3, 0.4) is 0 Å². The maximum atomic E-state index is 10.4. The summed E-state index contributed by atoms with van der Waals surface area (Å²) in [5.41, 5.74) is 1.92. The Morgan fingerprint density at radius 3 is 2.60 bits per heavy atom. The monoisotopic (exact) mass is 203 g/mol. The number of aryl methyl sites for hydroxylation is 1. The fourth-order valence-corrected chi connectivity index (χ4v) is 1.78. The van der Waals surface area contributed by atoms with Crippen molar-refractivity contribution in [2.75, 3.05) is 0 Å². The Morgan fingerprint density at radius 1 is 1.33 bits per heavy atom. The van der Waals surface area contributed by atoms with Crippen LogP contribution < -0.4 is 0 Å². The van der Waals surface area contributed by atoms with Crippen molar-refractivity contribution in [2.24, 2.45) is 4.99 Å². The van der Waals surface area contributed by atoms with E-state index in [0.29, 0.717) is 0 Å². The summed E-state index contributed by atoms with van der Waals surface area (Å²) in [6.07, 6.45) is 3.77. The second-order valence-electron chi connectivity index (χ2n) is 4.17. The first-order chi connectivity index (χ1) is 7.11. The number of isocyanates is 1. The van der Waals surface area contributed by atoms with Crippen LogP contribution in [0.1, 0.15) is 38.3 Å². The molecule has 0 heterocycles. The van der Waals surface area contributed by atoms with Gasteiger partial charge in [0.1, 0.15) is 0 Å². The summed E-state index contributed by atoms with van der Waals surface area (Å²) in [6.45, 7) is 6.02. The average molecular weight is 203 g/mol. The Hall–Kier alpha value is -1.40. The molecule has 1 aromatic carbocycles. The molecule has 1 rings (SSSR count). The van der Waals surface area contributed by atoms with E-state index < -0.39 is 5.54 Å². The first-order valence-corrected chi connectivity index (χ1v) is 5.29. The number of hydrogen-bond acceptors (Lipinski definition) is 2. The van der Waals surface area contributed by atoms with Crippen LogP contribution in [-0.2, 0) is 16.8 Å². The molecule has 80 valence electrons. The van der Waals surface area contributed by atoms with Gasteiger partial charge in [-0.15, -0.1) is 0 Å². The van der Waals surface area contributed by atoms with E-state index in [0.717, 1.165) is 18.4 Å². The highest BCUT2D eigenvalue weighted by Crippen LogP contribution is 2.28. The smallest absolute Gasteiger partial charge is 0.211 e. The van der Waals surface area contributed by atoms with Gasteiger partial charge in [-0.2, -0.15) is 4.99 Å². The maximum Gasteiger partial charge on any atom is 0.235 e. The highest BCUT2D eigenvalue weighted by molar-refractivity contribution is 5.40. The van der Waals surface area contributed by atoms with Gasteiger partial charge in [0.05, 0.1) is 5.54 Å². The molecule has 0 amide bonds. The van der Waals surface area contributed by atoms with Crippen molar-refractivity contribution in [2.45, 2.75) is 39.2 Å². The SMILES string of the molecule is CCCc1ccccc1C(C)(C)N=C=O. The van der Waals surface area contributed by atoms with Gasteiger partial charge in [-0.3, -0.25) is 0 Å². The molecule has 0 fully saturated rings. The lowest BCUT2D eigenvalue weighted by Gasteiger charge is -2.21. The molecule has 0 atom stereocenters. The third-order valence-electron chi connectivity index (χ3n) is 2.52. The van der Waals surface area contributed by atoms with Crippen molar-refractivity contribution in [3.8, 4) is 0 Å². The van der Waals surface area contributed by atoms with Crippen molar-refractivity contribution in [3.63, 3.8) is 0 Å². The van der Waals surface area contributed by atoms with Crippen LogP contribution in [0.5, 0.6) is 0 Å². The summed E-state index contributed by atoms with van der Waals surface area (Å²) in [5.74, 6) is 0. The lowest BCUT2D eigenvalue weighted by atomic mass is 9.89. The number of nitrogens with zero attached hydrogens (tertiary/aromatic N) is 1. The minimum atomic E-state index is -0.465. The highest BCUT2D eigenvalue weighted by Gasteiger charge is 2.21. The maximum absolute atomic E-state index is 10.4. The second-order valence-corrected chi connectivity index (χ2v) is 4.17. The Kier molecular flexibility index (Phi) is 3.81. The molecule has 0 radical (unpaired) electrons. The van der Waals surface area contributed by atoms with Crippen molar-refractivity contribution >= 4 is 6.08 Å². The van der Waals surface area contributed by atoms with Crippen LogP contribution in [-0.4, -0.2) is 6.08 Å². The predicted octanol–water partition coefficient (Wildman–Crippen LogP) is 3.21. The number of benzene rings is 1. The van der Waals surface area contributed by atoms with Crippen molar-refractivity contribution in [1.82, 2.24) is 0 Å². The topological polar surface area (TPSA) is 29.4 Å². The molecular formula is C13H17NO. The molecule has 2 heteroatoms. The zero-order chi connectivity index (χ0) is 11.3. The third-order valence-corrected chi connectivity index (χ3v) is 2.52. The van der Waals surface area contributed by atoms with Crippen LogP contribution in [0.4, 0.5) is 0 Å². The van der Waals surface area contributed by atoms with Crippen molar-refractivity contribution in [3.05, 3.63) is 35.4 Å². The van der Waals surface area contributed by atoms with E-state index in [1.807, 2.05) is 32.0 Å². The summed E-state index contributed by atoms with van der Waals surface area (Å²) in [6, 6.07) is 8.14. The van der Waals surface area contributed by atoms with Crippen LogP contribution in [0.15, 0.2) is 29.3 Å². The summed E-state index contributed by atoms with van der Waals surface area (Å²) in [4.78, 5) is 14.2. The van der Waals surface area contributed by atoms with Gasteiger partial charge in [0.25, 0.3) is 0 Å². The molecule has 0 N–H and O–H groups in total. The Bertz CT molecular complexity index is 376. The minimum absolute atomic E-state index is 0.465. The number of carbonyl (C=O) groups excluding carboxylic acids is 1. The first-order valence-electron chi connectivity index (χ1n) is 5.29. The molecule has 2 nitrogen and oxygen atoms in total. The molecule has 0 saturated heterocycles. The van der Waals surface area contributed by atoms with E-state index in [4.69, 9.17) is 0 Å². The van der Waals surface area contributed by atoms with Crippen LogP contribution in [0.25, 0.3) is 0 Å². The lowest BCUT2D eigenvalue weighted by Crippen LogP contribution is -2.16. The van der Waals surface area contributed by atoms with Gasteiger partial charge in [0.15, 0.2) is 0 Å². The zero-order valence-corrected chi connectivity index (χ0v) is 9.58. The molecule has 0 unspecified atom stereocenters. The first kappa shape index (κ1) is 11.7.